The van der Waals surface area contributed by atoms with Crippen LogP contribution in [0.3, 0.4) is 0 Å². The molecule has 0 saturated carbocycles. The maximum atomic E-state index is 12.7. The Labute approximate surface area is 169 Å². The Morgan fingerprint density at radius 3 is 2.74 bits per heavy atom. The van der Waals surface area contributed by atoms with Gasteiger partial charge in [-0.05, 0) is 48.9 Å². The highest BCUT2D eigenvalue weighted by Crippen LogP contribution is 2.27. The average Bonchev–Trinajstić information content (AvgIpc) is 3.09. The van der Waals surface area contributed by atoms with Gasteiger partial charge in [0.15, 0.2) is 0 Å². The van der Waals surface area contributed by atoms with Gasteiger partial charge in [0.1, 0.15) is 5.82 Å². The first-order valence-electron chi connectivity index (χ1n) is 8.33. The van der Waals surface area contributed by atoms with Crippen LogP contribution in [0.1, 0.15) is 15.9 Å². The van der Waals surface area contributed by atoms with E-state index < -0.39 is 0 Å². The van der Waals surface area contributed by atoms with Gasteiger partial charge in [0.05, 0.1) is 21.6 Å². The molecule has 0 radical (unpaired) electrons. The van der Waals surface area contributed by atoms with Gasteiger partial charge in [-0.1, -0.05) is 51.8 Å². The van der Waals surface area contributed by atoms with E-state index in [9.17, 15) is 4.79 Å². The number of nitrogens with zero attached hydrogens (tertiary/aromatic N) is 1. The third kappa shape index (κ3) is 3.61. The summed E-state index contributed by atoms with van der Waals surface area (Å²) in [6.07, 6.45) is 0. The number of halogens is 2. The van der Waals surface area contributed by atoms with Crippen LogP contribution >= 0.6 is 27.5 Å². The molecule has 3 aromatic carbocycles. The molecule has 4 nitrogen and oxygen atoms in total. The van der Waals surface area contributed by atoms with Crippen LogP contribution in [-0.4, -0.2) is 15.9 Å². The predicted molar refractivity (Wildman–Crippen MR) is 113 cm³/mol. The number of aromatic nitrogens is 2. The minimum absolute atomic E-state index is 0.258. The van der Waals surface area contributed by atoms with Crippen LogP contribution < -0.4 is 5.32 Å². The fraction of sp³-hybridized carbons (Fsp3) is 0.0476. The van der Waals surface area contributed by atoms with Gasteiger partial charge >= 0.3 is 0 Å². The minimum atomic E-state index is -0.258. The van der Waals surface area contributed by atoms with Crippen LogP contribution in [0.15, 0.2) is 65.1 Å². The second kappa shape index (κ2) is 7.18. The lowest BCUT2D eigenvalue weighted by atomic mass is 10.1. The number of aryl methyl sites for hydroxylation is 1. The lowest BCUT2D eigenvalue weighted by molar-refractivity contribution is 0.102. The number of anilines is 1. The van der Waals surface area contributed by atoms with Gasteiger partial charge in [0.2, 0.25) is 0 Å². The Bertz CT molecular complexity index is 1140. The number of H-pyrrole nitrogens is 1. The zero-order valence-electron chi connectivity index (χ0n) is 14.4. The summed E-state index contributed by atoms with van der Waals surface area (Å²) in [4.78, 5) is 20.6. The third-order valence-electron chi connectivity index (χ3n) is 4.32. The highest BCUT2D eigenvalue weighted by Gasteiger charge is 2.14. The van der Waals surface area contributed by atoms with Crippen LogP contribution in [0, 0.1) is 6.92 Å². The summed E-state index contributed by atoms with van der Waals surface area (Å²) < 4.78 is 0.796. The van der Waals surface area contributed by atoms with Gasteiger partial charge in [0.25, 0.3) is 5.91 Å². The number of hydrogen-bond donors (Lipinski definition) is 2. The summed E-state index contributed by atoms with van der Waals surface area (Å²) in [5, 5.41) is 3.36. The van der Waals surface area contributed by atoms with Crippen LogP contribution in [0.2, 0.25) is 5.02 Å². The van der Waals surface area contributed by atoms with Crippen molar-refractivity contribution in [2.45, 2.75) is 6.92 Å². The van der Waals surface area contributed by atoms with Crippen molar-refractivity contribution in [3.63, 3.8) is 0 Å². The molecule has 0 aliphatic heterocycles. The molecule has 0 aliphatic rings. The van der Waals surface area contributed by atoms with Gasteiger partial charge in [0, 0.05) is 15.7 Å². The fourth-order valence-corrected chi connectivity index (χ4v) is 3.42. The smallest absolute Gasteiger partial charge is 0.257 e. The number of imidazole rings is 1. The quantitative estimate of drug-likeness (QED) is 0.398. The maximum Gasteiger partial charge on any atom is 0.257 e. The summed E-state index contributed by atoms with van der Waals surface area (Å²) >= 11 is 9.55. The van der Waals surface area contributed by atoms with Crippen molar-refractivity contribution in [1.82, 2.24) is 9.97 Å². The van der Waals surface area contributed by atoms with Gasteiger partial charge in [-0.2, -0.15) is 0 Å². The number of fused-ring (bicyclic) bond motifs is 1. The summed E-state index contributed by atoms with van der Waals surface area (Å²) in [5.74, 6) is 0.498. The molecule has 2 N–H and O–H groups in total. The molecule has 0 aliphatic carbocycles. The molecule has 1 aromatic heterocycles. The predicted octanol–water partition coefficient (Wildman–Crippen LogP) is 6.21. The molecule has 0 atom stereocenters. The van der Waals surface area contributed by atoms with E-state index in [4.69, 9.17) is 11.6 Å². The van der Waals surface area contributed by atoms with Crippen LogP contribution in [-0.2, 0) is 0 Å². The Morgan fingerprint density at radius 1 is 1.11 bits per heavy atom. The second-order valence-electron chi connectivity index (χ2n) is 6.21. The van der Waals surface area contributed by atoms with Crippen LogP contribution in [0.5, 0.6) is 0 Å². The zero-order chi connectivity index (χ0) is 19.0. The van der Waals surface area contributed by atoms with Crippen LogP contribution in [0.4, 0.5) is 5.69 Å². The number of carbonyl (C=O) groups is 1. The van der Waals surface area contributed by atoms with Gasteiger partial charge in [-0.15, -0.1) is 0 Å². The topological polar surface area (TPSA) is 57.8 Å². The largest absolute Gasteiger partial charge is 0.338 e. The highest BCUT2D eigenvalue weighted by atomic mass is 79.9. The summed E-state index contributed by atoms with van der Waals surface area (Å²) in [6.45, 7) is 1.94. The summed E-state index contributed by atoms with van der Waals surface area (Å²) in [5.41, 5.74) is 4.86. The first kappa shape index (κ1) is 17.8. The van der Waals surface area contributed by atoms with Crippen LogP contribution in [0.25, 0.3) is 22.4 Å². The molecule has 0 bridgehead atoms. The van der Waals surface area contributed by atoms with Crippen molar-refractivity contribution in [2.24, 2.45) is 0 Å². The van der Waals surface area contributed by atoms with E-state index in [0.29, 0.717) is 16.3 Å². The molecule has 4 rings (SSSR count). The van der Waals surface area contributed by atoms with Gasteiger partial charge < -0.3 is 10.3 Å². The zero-order valence-corrected chi connectivity index (χ0v) is 16.7. The first-order chi connectivity index (χ1) is 13.0. The molecule has 0 saturated heterocycles. The van der Waals surface area contributed by atoms with Crippen molar-refractivity contribution in [3.05, 3.63) is 81.3 Å². The summed E-state index contributed by atoms with van der Waals surface area (Å²) in [7, 11) is 0. The van der Waals surface area contributed by atoms with Gasteiger partial charge in [-0.3, -0.25) is 4.79 Å². The van der Waals surface area contributed by atoms with E-state index in [-0.39, 0.29) is 5.91 Å². The number of aromatic amines is 1. The summed E-state index contributed by atoms with van der Waals surface area (Å²) in [6, 6.07) is 18.9. The minimum Gasteiger partial charge on any atom is -0.338 e. The molecule has 27 heavy (non-hydrogen) atoms. The molecule has 4 aromatic rings. The molecule has 0 fully saturated rings. The standard InChI is InChI=1S/C21H15BrClN3O/c1-12-6-7-13(20-24-17-4-2-3-5-18(17)25-20)10-19(12)26-21(27)15-11-14(22)8-9-16(15)23/h2-11H,1H3,(H,24,25)(H,26,27). The maximum absolute atomic E-state index is 12.7. The number of hydrogen-bond acceptors (Lipinski definition) is 2. The monoisotopic (exact) mass is 439 g/mol. The van der Waals surface area contributed by atoms with Crippen molar-refractivity contribution < 1.29 is 4.79 Å². The highest BCUT2D eigenvalue weighted by molar-refractivity contribution is 9.10. The van der Waals surface area contributed by atoms with Crippen molar-refractivity contribution in [1.29, 1.82) is 0 Å². The molecule has 0 unspecified atom stereocenters. The molecule has 1 amide bonds. The van der Waals surface area contributed by atoms with E-state index in [1.54, 1.807) is 18.2 Å². The number of nitrogens with one attached hydrogen (secondary N) is 2. The molecule has 0 spiro atoms. The van der Waals surface area contributed by atoms with E-state index in [2.05, 4.69) is 31.2 Å². The number of rotatable bonds is 3. The Balaban J connectivity index is 1.68. The third-order valence-corrected chi connectivity index (χ3v) is 5.14. The SMILES string of the molecule is Cc1ccc(-c2nc3ccccc3[nH]2)cc1NC(=O)c1cc(Br)ccc1Cl. The molecule has 6 heteroatoms. The average molecular weight is 441 g/mol. The number of amides is 1. The Kier molecular flexibility index (Phi) is 4.72. The second-order valence-corrected chi connectivity index (χ2v) is 7.53. The van der Waals surface area contributed by atoms with E-state index >= 15 is 0 Å². The van der Waals surface area contributed by atoms with Crippen molar-refractivity contribution in [3.8, 4) is 11.4 Å². The molecule has 134 valence electrons. The number of carbonyl (C=O) groups excluding carboxylic acids is 1. The molecule has 1 heterocycles. The number of para-hydroxylation sites is 2. The Morgan fingerprint density at radius 2 is 1.93 bits per heavy atom. The lowest BCUT2D eigenvalue weighted by Gasteiger charge is -2.11. The van der Waals surface area contributed by atoms with Crippen molar-refractivity contribution in [2.75, 3.05) is 5.32 Å². The van der Waals surface area contributed by atoms with Gasteiger partial charge in [-0.25, -0.2) is 4.98 Å². The van der Waals surface area contributed by atoms with E-state index in [0.717, 1.165) is 32.5 Å². The Hall–Kier alpha value is -2.63. The van der Waals surface area contributed by atoms with E-state index in [1.165, 1.54) is 0 Å². The fourth-order valence-electron chi connectivity index (χ4n) is 2.85. The molecular weight excluding hydrogens is 426 g/mol. The first-order valence-corrected chi connectivity index (χ1v) is 9.50. The van der Waals surface area contributed by atoms with Crippen molar-refractivity contribution >= 4 is 50.2 Å². The normalized spacial score (nSPS) is 10.9. The molecular formula is C21H15BrClN3O. The van der Waals surface area contributed by atoms with E-state index in [1.807, 2.05) is 49.4 Å². The number of benzene rings is 3. The lowest BCUT2D eigenvalue weighted by Crippen LogP contribution is -2.13.